The third-order valence-corrected chi connectivity index (χ3v) is 4.42. The summed E-state index contributed by atoms with van der Waals surface area (Å²) in [7, 11) is 0. The molecule has 1 heterocycles. The fourth-order valence-electron chi connectivity index (χ4n) is 3.16. The first-order chi connectivity index (χ1) is 9.25. The zero-order valence-electron chi connectivity index (χ0n) is 11.0. The second kappa shape index (κ2) is 5.45. The second-order valence-electron chi connectivity index (χ2n) is 5.46. The number of imidazole rings is 1. The van der Waals surface area contributed by atoms with Crippen LogP contribution in [0.15, 0.2) is 18.2 Å². The van der Waals surface area contributed by atoms with Crippen molar-refractivity contribution < 1.29 is 4.39 Å². The highest BCUT2D eigenvalue weighted by atomic mass is 32.1. The second-order valence-corrected chi connectivity index (χ2v) is 5.85. The summed E-state index contributed by atoms with van der Waals surface area (Å²) in [5.74, 6) is -0.214. The average molecular weight is 278 g/mol. The molecular formula is C15H19FN2S. The molecule has 0 aliphatic heterocycles. The Hall–Kier alpha value is -1.16. The van der Waals surface area contributed by atoms with Gasteiger partial charge in [0.25, 0.3) is 0 Å². The molecule has 1 aliphatic carbocycles. The monoisotopic (exact) mass is 278 g/mol. The Morgan fingerprint density at radius 1 is 1.11 bits per heavy atom. The fraction of sp³-hybridized carbons (Fsp3) is 0.533. The number of nitrogens with one attached hydrogen (secondary N) is 1. The van der Waals surface area contributed by atoms with Gasteiger partial charge in [-0.25, -0.2) is 4.39 Å². The predicted octanol–water partition coefficient (Wildman–Crippen LogP) is 5.12. The molecule has 2 nitrogen and oxygen atoms in total. The highest BCUT2D eigenvalue weighted by molar-refractivity contribution is 7.71. The third-order valence-electron chi connectivity index (χ3n) is 4.12. The van der Waals surface area contributed by atoms with E-state index in [4.69, 9.17) is 12.2 Å². The van der Waals surface area contributed by atoms with E-state index in [1.165, 1.54) is 57.1 Å². The Morgan fingerprint density at radius 2 is 1.79 bits per heavy atom. The van der Waals surface area contributed by atoms with Crippen molar-refractivity contribution in [2.45, 2.75) is 51.0 Å². The summed E-state index contributed by atoms with van der Waals surface area (Å²) < 4.78 is 16.2. The number of aromatic nitrogens is 2. The summed E-state index contributed by atoms with van der Waals surface area (Å²) >= 11 is 5.44. The fourth-order valence-corrected chi connectivity index (χ4v) is 3.52. The quantitative estimate of drug-likeness (QED) is 0.718. The van der Waals surface area contributed by atoms with Gasteiger partial charge in [0, 0.05) is 6.04 Å². The molecule has 3 rings (SSSR count). The number of nitrogens with zero attached hydrogens (tertiary/aromatic N) is 1. The lowest BCUT2D eigenvalue weighted by molar-refractivity contribution is 0.376. The molecule has 4 heteroatoms. The van der Waals surface area contributed by atoms with Crippen molar-refractivity contribution in [1.82, 2.24) is 9.55 Å². The van der Waals surface area contributed by atoms with Crippen molar-refractivity contribution >= 4 is 23.3 Å². The van der Waals surface area contributed by atoms with E-state index in [9.17, 15) is 4.39 Å². The highest BCUT2D eigenvalue weighted by Crippen LogP contribution is 2.30. The van der Waals surface area contributed by atoms with Crippen molar-refractivity contribution in [2.24, 2.45) is 0 Å². The van der Waals surface area contributed by atoms with Crippen LogP contribution in [0.5, 0.6) is 0 Å². The first-order valence-corrected chi connectivity index (χ1v) is 7.56. The van der Waals surface area contributed by atoms with Crippen LogP contribution in [0.2, 0.25) is 0 Å². The third kappa shape index (κ3) is 2.59. The number of aromatic amines is 1. The molecule has 1 aliphatic rings. The van der Waals surface area contributed by atoms with Crippen LogP contribution in [-0.4, -0.2) is 9.55 Å². The number of H-pyrrole nitrogens is 1. The molecule has 1 aromatic heterocycles. The maximum absolute atomic E-state index is 13.3. The molecule has 1 N–H and O–H groups in total. The van der Waals surface area contributed by atoms with Crippen LogP contribution in [0.25, 0.3) is 11.0 Å². The van der Waals surface area contributed by atoms with E-state index in [2.05, 4.69) is 9.55 Å². The normalized spacial score (nSPS) is 18.4. The number of hydrogen-bond donors (Lipinski definition) is 1. The molecular weight excluding hydrogens is 259 g/mol. The van der Waals surface area contributed by atoms with Gasteiger partial charge in [0.15, 0.2) is 4.77 Å². The van der Waals surface area contributed by atoms with Gasteiger partial charge in [0.1, 0.15) is 5.82 Å². The minimum atomic E-state index is -0.214. The Kier molecular flexibility index (Phi) is 3.69. The van der Waals surface area contributed by atoms with Crippen molar-refractivity contribution in [3.63, 3.8) is 0 Å². The van der Waals surface area contributed by atoms with Crippen molar-refractivity contribution in [1.29, 1.82) is 0 Å². The lowest BCUT2D eigenvalue weighted by Crippen LogP contribution is -2.11. The minimum absolute atomic E-state index is 0.214. The highest BCUT2D eigenvalue weighted by Gasteiger charge is 2.17. The lowest BCUT2D eigenvalue weighted by atomic mass is 9.96. The summed E-state index contributed by atoms with van der Waals surface area (Å²) in [6.07, 6.45) is 8.89. The van der Waals surface area contributed by atoms with E-state index in [0.717, 1.165) is 15.8 Å². The van der Waals surface area contributed by atoms with E-state index in [1.54, 1.807) is 0 Å². The number of benzene rings is 1. The van der Waals surface area contributed by atoms with Crippen LogP contribution < -0.4 is 0 Å². The zero-order chi connectivity index (χ0) is 13.2. The van der Waals surface area contributed by atoms with E-state index >= 15 is 0 Å². The Balaban J connectivity index is 2.02. The Bertz CT molecular complexity index is 621. The average Bonchev–Trinajstić information content (AvgIpc) is 2.64. The van der Waals surface area contributed by atoms with Gasteiger partial charge in [-0.3, -0.25) is 0 Å². The van der Waals surface area contributed by atoms with Gasteiger partial charge in [-0.1, -0.05) is 32.1 Å². The van der Waals surface area contributed by atoms with Gasteiger partial charge in [-0.05, 0) is 43.3 Å². The molecule has 0 spiro atoms. The Morgan fingerprint density at radius 3 is 2.53 bits per heavy atom. The maximum atomic E-state index is 13.3. The summed E-state index contributed by atoms with van der Waals surface area (Å²) in [4.78, 5) is 3.14. The van der Waals surface area contributed by atoms with Crippen molar-refractivity contribution in [2.75, 3.05) is 0 Å². The lowest BCUT2D eigenvalue weighted by Gasteiger charge is -2.21. The molecule has 0 atom stereocenters. The van der Waals surface area contributed by atoms with Crippen LogP contribution in [0.1, 0.15) is 51.0 Å². The number of hydrogen-bond acceptors (Lipinski definition) is 1. The zero-order valence-corrected chi connectivity index (χ0v) is 11.8. The summed E-state index contributed by atoms with van der Waals surface area (Å²) in [5, 5.41) is 0. The molecule has 102 valence electrons. The summed E-state index contributed by atoms with van der Waals surface area (Å²) in [5.41, 5.74) is 1.85. The minimum Gasteiger partial charge on any atom is -0.330 e. The van der Waals surface area contributed by atoms with Gasteiger partial charge in [-0.15, -0.1) is 0 Å². The maximum Gasteiger partial charge on any atom is 0.178 e. The Labute approximate surface area is 117 Å². The van der Waals surface area contributed by atoms with Crippen molar-refractivity contribution in [3.8, 4) is 0 Å². The molecule has 0 amide bonds. The first-order valence-electron chi connectivity index (χ1n) is 7.15. The molecule has 0 bridgehead atoms. The van der Waals surface area contributed by atoms with E-state index in [0.29, 0.717) is 6.04 Å². The number of rotatable bonds is 1. The molecule has 1 fully saturated rings. The van der Waals surface area contributed by atoms with E-state index < -0.39 is 0 Å². The van der Waals surface area contributed by atoms with Crippen LogP contribution in [0, 0.1) is 10.6 Å². The molecule has 0 unspecified atom stereocenters. The van der Waals surface area contributed by atoms with E-state index in [1.807, 2.05) is 6.07 Å². The first kappa shape index (κ1) is 12.9. The molecule has 19 heavy (non-hydrogen) atoms. The van der Waals surface area contributed by atoms with Crippen LogP contribution in [-0.2, 0) is 0 Å². The van der Waals surface area contributed by atoms with E-state index in [-0.39, 0.29) is 5.82 Å². The van der Waals surface area contributed by atoms with Crippen LogP contribution in [0.4, 0.5) is 4.39 Å². The SMILES string of the molecule is Fc1ccc2c(c1)[nH]c(=S)n2C1CCCCCCC1. The smallest absolute Gasteiger partial charge is 0.178 e. The molecule has 0 radical (unpaired) electrons. The number of halogens is 1. The van der Waals surface area contributed by atoms with Crippen molar-refractivity contribution in [3.05, 3.63) is 28.8 Å². The van der Waals surface area contributed by atoms with Crippen LogP contribution >= 0.6 is 12.2 Å². The van der Waals surface area contributed by atoms with Gasteiger partial charge < -0.3 is 9.55 Å². The molecule has 1 aromatic carbocycles. The van der Waals surface area contributed by atoms with Crippen LogP contribution in [0.3, 0.4) is 0 Å². The van der Waals surface area contributed by atoms with Gasteiger partial charge >= 0.3 is 0 Å². The van der Waals surface area contributed by atoms with Gasteiger partial charge in [-0.2, -0.15) is 0 Å². The largest absolute Gasteiger partial charge is 0.330 e. The predicted molar refractivity (Wildman–Crippen MR) is 78.4 cm³/mol. The molecule has 0 saturated heterocycles. The van der Waals surface area contributed by atoms with Gasteiger partial charge in [0.05, 0.1) is 11.0 Å². The summed E-state index contributed by atoms with van der Waals surface area (Å²) in [6, 6.07) is 5.36. The number of fused-ring (bicyclic) bond motifs is 1. The topological polar surface area (TPSA) is 20.7 Å². The molecule has 2 aromatic rings. The summed E-state index contributed by atoms with van der Waals surface area (Å²) in [6.45, 7) is 0. The van der Waals surface area contributed by atoms with Gasteiger partial charge in [0.2, 0.25) is 0 Å². The molecule has 1 saturated carbocycles. The standard InChI is InChI=1S/C15H19FN2S/c16-11-8-9-14-13(10-11)17-15(19)18(14)12-6-4-2-1-3-5-7-12/h8-10,12H,1-7H2,(H,17,19).